The van der Waals surface area contributed by atoms with Crippen molar-refractivity contribution in [3.05, 3.63) is 16.6 Å². The Bertz CT molecular complexity index is 209. The molecule has 74 valence electrons. The minimum absolute atomic E-state index is 0.908. The van der Waals surface area contributed by atoms with Crippen molar-refractivity contribution in [3.8, 4) is 0 Å². The maximum Gasteiger partial charge on any atom is 0.106 e. The lowest BCUT2D eigenvalue weighted by atomic mass is 10.4. The summed E-state index contributed by atoms with van der Waals surface area (Å²) in [6.07, 6.45) is 3.04. The van der Waals surface area contributed by atoms with Gasteiger partial charge in [0.05, 0.1) is 0 Å². The van der Waals surface area contributed by atoms with Gasteiger partial charge in [-0.05, 0) is 33.6 Å². The molecule has 3 nitrogen and oxygen atoms in total. The van der Waals surface area contributed by atoms with E-state index in [1.165, 1.54) is 11.4 Å². The molecule has 13 heavy (non-hydrogen) atoms. The summed E-state index contributed by atoms with van der Waals surface area (Å²) in [5, 5.41) is 6.55. The predicted octanol–water partition coefficient (Wildman–Crippen LogP) is 1.18. The fourth-order valence-corrected chi connectivity index (χ4v) is 1.64. The summed E-state index contributed by atoms with van der Waals surface area (Å²) in [6.45, 7) is 3.12. The SMILES string of the molecule is CN(C)CCCNCc1nccs1. The molecule has 0 amide bonds. The van der Waals surface area contributed by atoms with Gasteiger partial charge in [0.2, 0.25) is 0 Å². The number of rotatable bonds is 6. The maximum atomic E-state index is 4.19. The molecule has 0 aliphatic heterocycles. The summed E-state index contributed by atoms with van der Waals surface area (Å²) in [5.74, 6) is 0. The molecule has 0 radical (unpaired) electrons. The van der Waals surface area contributed by atoms with E-state index in [1.54, 1.807) is 11.3 Å². The first-order chi connectivity index (χ1) is 6.29. The van der Waals surface area contributed by atoms with E-state index in [-0.39, 0.29) is 0 Å². The average Bonchev–Trinajstić information content (AvgIpc) is 2.55. The molecule has 0 saturated carbocycles. The molecule has 0 fully saturated rings. The molecule has 0 aliphatic carbocycles. The third-order valence-corrected chi connectivity index (χ3v) is 2.50. The number of hydrogen-bond donors (Lipinski definition) is 1. The fraction of sp³-hybridized carbons (Fsp3) is 0.667. The van der Waals surface area contributed by atoms with Gasteiger partial charge in [-0.2, -0.15) is 0 Å². The van der Waals surface area contributed by atoms with Crippen molar-refractivity contribution >= 4 is 11.3 Å². The fourth-order valence-electron chi connectivity index (χ4n) is 1.06. The highest BCUT2D eigenvalue weighted by Gasteiger charge is 1.94. The smallest absolute Gasteiger partial charge is 0.106 e. The highest BCUT2D eigenvalue weighted by Crippen LogP contribution is 2.02. The number of aromatic nitrogens is 1. The van der Waals surface area contributed by atoms with E-state index in [9.17, 15) is 0 Å². The van der Waals surface area contributed by atoms with Crippen LogP contribution in [-0.2, 0) is 6.54 Å². The normalized spacial score (nSPS) is 11.0. The average molecular weight is 199 g/mol. The summed E-state index contributed by atoms with van der Waals surface area (Å²) in [4.78, 5) is 6.39. The van der Waals surface area contributed by atoms with Gasteiger partial charge >= 0.3 is 0 Å². The molecule has 0 unspecified atom stereocenters. The monoisotopic (exact) mass is 199 g/mol. The Morgan fingerprint density at radius 1 is 1.54 bits per heavy atom. The van der Waals surface area contributed by atoms with Gasteiger partial charge in [0.25, 0.3) is 0 Å². The molecule has 0 spiro atoms. The van der Waals surface area contributed by atoms with Crippen LogP contribution in [0.1, 0.15) is 11.4 Å². The minimum Gasteiger partial charge on any atom is -0.310 e. The van der Waals surface area contributed by atoms with Crippen LogP contribution in [0.5, 0.6) is 0 Å². The zero-order valence-corrected chi connectivity index (χ0v) is 9.10. The first kappa shape index (κ1) is 10.6. The second-order valence-corrected chi connectivity index (χ2v) is 4.24. The number of hydrogen-bond acceptors (Lipinski definition) is 4. The van der Waals surface area contributed by atoms with Crippen molar-refractivity contribution < 1.29 is 0 Å². The first-order valence-corrected chi connectivity index (χ1v) is 5.41. The number of nitrogens with zero attached hydrogens (tertiary/aromatic N) is 2. The third kappa shape index (κ3) is 4.98. The standard InChI is InChI=1S/C9H17N3S/c1-12(2)6-3-4-10-8-9-11-5-7-13-9/h5,7,10H,3-4,6,8H2,1-2H3. The van der Waals surface area contributed by atoms with E-state index in [2.05, 4.69) is 29.3 Å². The summed E-state index contributed by atoms with van der Waals surface area (Å²) >= 11 is 1.70. The Morgan fingerprint density at radius 2 is 2.38 bits per heavy atom. The molecule has 0 bridgehead atoms. The molecule has 0 aliphatic rings. The summed E-state index contributed by atoms with van der Waals surface area (Å²) in [5.41, 5.74) is 0. The lowest BCUT2D eigenvalue weighted by Gasteiger charge is -2.08. The molecular formula is C9H17N3S. The predicted molar refractivity (Wildman–Crippen MR) is 57.0 cm³/mol. The van der Waals surface area contributed by atoms with Gasteiger partial charge in [0.1, 0.15) is 5.01 Å². The van der Waals surface area contributed by atoms with Crippen LogP contribution in [0, 0.1) is 0 Å². The van der Waals surface area contributed by atoms with Crippen LogP contribution in [0.25, 0.3) is 0 Å². The topological polar surface area (TPSA) is 28.2 Å². The lowest BCUT2D eigenvalue weighted by Crippen LogP contribution is -2.20. The Hall–Kier alpha value is -0.450. The van der Waals surface area contributed by atoms with Crippen molar-refractivity contribution in [2.45, 2.75) is 13.0 Å². The lowest BCUT2D eigenvalue weighted by molar-refractivity contribution is 0.394. The second-order valence-electron chi connectivity index (χ2n) is 3.26. The van der Waals surface area contributed by atoms with Crippen molar-refractivity contribution in [1.82, 2.24) is 15.2 Å². The second kappa shape index (κ2) is 6.07. The molecule has 1 aromatic heterocycles. The quantitative estimate of drug-likeness (QED) is 0.697. The molecular weight excluding hydrogens is 182 g/mol. The van der Waals surface area contributed by atoms with Gasteiger partial charge in [-0.25, -0.2) is 4.98 Å². The highest BCUT2D eigenvalue weighted by molar-refractivity contribution is 7.09. The molecule has 0 aromatic carbocycles. The molecule has 4 heteroatoms. The molecule has 0 saturated heterocycles. The Morgan fingerprint density at radius 3 is 3.00 bits per heavy atom. The van der Waals surface area contributed by atoms with Gasteiger partial charge in [0, 0.05) is 18.1 Å². The Labute approximate surface area is 83.8 Å². The van der Waals surface area contributed by atoms with Crippen molar-refractivity contribution in [2.24, 2.45) is 0 Å². The largest absolute Gasteiger partial charge is 0.310 e. The van der Waals surface area contributed by atoms with E-state index < -0.39 is 0 Å². The van der Waals surface area contributed by atoms with E-state index >= 15 is 0 Å². The number of nitrogens with one attached hydrogen (secondary N) is 1. The molecule has 0 atom stereocenters. The summed E-state index contributed by atoms with van der Waals surface area (Å²) in [7, 11) is 4.20. The van der Waals surface area contributed by atoms with E-state index in [0.29, 0.717) is 0 Å². The van der Waals surface area contributed by atoms with Crippen LogP contribution in [0.2, 0.25) is 0 Å². The van der Waals surface area contributed by atoms with Crippen LogP contribution in [-0.4, -0.2) is 37.1 Å². The zero-order chi connectivity index (χ0) is 9.52. The number of thiazole rings is 1. The van der Waals surface area contributed by atoms with E-state index in [4.69, 9.17) is 0 Å². The van der Waals surface area contributed by atoms with Crippen molar-refractivity contribution in [3.63, 3.8) is 0 Å². The molecule has 1 rings (SSSR count). The summed E-state index contributed by atoms with van der Waals surface area (Å²) in [6, 6.07) is 0. The van der Waals surface area contributed by atoms with Gasteiger partial charge in [-0.15, -0.1) is 11.3 Å². The van der Waals surface area contributed by atoms with Crippen LogP contribution < -0.4 is 5.32 Å². The van der Waals surface area contributed by atoms with Crippen molar-refractivity contribution in [2.75, 3.05) is 27.2 Å². The first-order valence-electron chi connectivity index (χ1n) is 4.53. The minimum atomic E-state index is 0.908. The van der Waals surface area contributed by atoms with Crippen molar-refractivity contribution in [1.29, 1.82) is 0 Å². The highest BCUT2D eigenvalue weighted by atomic mass is 32.1. The maximum absolute atomic E-state index is 4.19. The third-order valence-electron chi connectivity index (χ3n) is 1.72. The van der Waals surface area contributed by atoms with Gasteiger partial charge in [-0.1, -0.05) is 0 Å². The van der Waals surface area contributed by atoms with Crippen LogP contribution in [0.15, 0.2) is 11.6 Å². The van der Waals surface area contributed by atoms with Crippen LogP contribution >= 0.6 is 11.3 Å². The van der Waals surface area contributed by atoms with Gasteiger partial charge in [-0.3, -0.25) is 0 Å². The van der Waals surface area contributed by atoms with Crippen LogP contribution in [0.3, 0.4) is 0 Å². The van der Waals surface area contributed by atoms with Gasteiger partial charge in [0.15, 0.2) is 0 Å². The molecule has 1 aromatic rings. The zero-order valence-electron chi connectivity index (χ0n) is 8.29. The Kier molecular flexibility index (Phi) is 4.97. The van der Waals surface area contributed by atoms with Gasteiger partial charge < -0.3 is 10.2 Å². The summed E-state index contributed by atoms with van der Waals surface area (Å²) < 4.78 is 0. The van der Waals surface area contributed by atoms with E-state index in [0.717, 1.165) is 19.6 Å². The van der Waals surface area contributed by atoms with Crippen LogP contribution in [0.4, 0.5) is 0 Å². The molecule has 1 heterocycles. The van der Waals surface area contributed by atoms with E-state index in [1.807, 2.05) is 11.6 Å². The Balaban J connectivity index is 1.96. The molecule has 1 N–H and O–H groups in total.